The minimum Gasteiger partial charge on any atom is -0.506 e. The normalized spacial score (nSPS) is 17.8. The Labute approximate surface area is 213 Å². The van der Waals surface area contributed by atoms with Gasteiger partial charge in [-0.1, -0.05) is 29.3 Å². The Morgan fingerprint density at radius 1 is 0.971 bits per heavy atom. The predicted molar refractivity (Wildman–Crippen MR) is 141 cm³/mol. The number of halogens is 2. The van der Waals surface area contributed by atoms with Crippen molar-refractivity contribution in [2.45, 2.75) is 25.9 Å². The Kier molecular flexibility index (Phi) is 5.98. The number of anilines is 1. The van der Waals surface area contributed by atoms with Gasteiger partial charge in [-0.3, -0.25) is 4.98 Å². The molecule has 172 valence electrons. The molecule has 0 spiro atoms. The molecular weight excluding hydrogens is 487 g/mol. The standard InChI is InChI=1S/C26H22Cl2N4OS/c1-15-13-20(16(2)31(15)19-9-6-17(27)7-10-19)25-24(21-5-3-4-12-29-21)30-26(34)32(25)22-14-18(28)8-11-23(22)33/h3-14,24-25,33H,1-2H3,(H,30,34)/t24-,25-/m1/s1. The van der Waals surface area contributed by atoms with Gasteiger partial charge in [0.2, 0.25) is 0 Å². The number of rotatable bonds is 4. The maximum absolute atomic E-state index is 10.7. The van der Waals surface area contributed by atoms with E-state index in [1.807, 2.05) is 47.4 Å². The van der Waals surface area contributed by atoms with E-state index >= 15 is 0 Å². The van der Waals surface area contributed by atoms with E-state index in [1.54, 1.807) is 24.4 Å². The first-order valence-corrected chi connectivity index (χ1v) is 12.0. The van der Waals surface area contributed by atoms with Crippen LogP contribution in [-0.4, -0.2) is 19.8 Å². The second-order valence-corrected chi connectivity index (χ2v) is 9.53. The molecule has 0 radical (unpaired) electrons. The van der Waals surface area contributed by atoms with Gasteiger partial charge in [0, 0.05) is 33.3 Å². The lowest BCUT2D eigenvalue weighted by molar-refractivity contribution is 0.472. The molecule has 0 amide bonds. The molecule has 34 heavy (non-hydrogen) atoms. The van der Waals surface area contributed by atoms with Crippen molar-refractivity contribution >= 4 is 46.2 Å². The molecular formula is C26H22Cl2N4OS. The summed E-state index contributed by atoms with van der Waals surface area (Å²) in [7, 11) is 0. The van der Waals surface area contributed by atoms with Gasteiger partial charge in [0.05, 0.1) is 23.5 Å². The van der Waals surface area contributed by atoms with E-state index in [-0.39, 0.29) is 17.8 Å². The first kappa shape index (κ1) is 22.7. The second kappa shape index (κ2) is 8.95. The van der Waals surface area contributed by atoms with Crippen LogP contribution in [0.25, 0.3) is 5.69 Å². The van der Waals surface area contributed by atoms with Crippen LogP contribution in [0.3, 0.4) is 0 Å². The summed E-state index contributed by atoms with van der Waals surface area (Å²) in [6.07, 6.45) is 1.77. The summed E-state index contributed by atoms with van der Waals surface area (Å²) in [5, 5.41) is 15.9. The zero-order chi connectivity index (χ0) is 24.0. The highest BCUT2D eigenvalue weighted by atomic mass is 35.5. The first-order chi connectivity index (χ1) is 16.3. The molecule has 4 aromatic rings. The zero-order valence-corrected chi connectivity index (χ0v) is 20.9. The average molecular weight is 509 g/mol. The molecule has 1 aliphatic heterocycles. The van der Waals surface area contributed by atoms with Crippen LogP contribution in [0.2, 0.25) is 10.0 Å². The van der Waals surface area contributed by atoms with Crippen LogP contribution in [0.4, 0.5) is 5.69 Å². The molecule has 3 heterocycles. The number of aromatic nitrogens is 2. The Balaban J connectivity index is 1.70. The van der Waals surface area contributed by atoms with Crippen LogP contribution in [-0.2, 0) is 0 Å². The van der Waals surface area contributed by atoms with Crippen LogP contribution < -0.4 is 10.2 Å². The lowest BCUT2D eigenvalue weighted by Crippen LogP contribution is -2.29. The topological polar surface area (TPSA) is 53.3 Å². The summed E-state index contributed by atoms with van der Waals surface area (Å²) < 4.78 is 2.19. The summed E-state index contributed by atoms with van der Waals surface area (Å²) in [5.74, 6) is 0.103. The summed E-state index contributed by atoms with van der Waals surface area (Å²) >= 11 is 18.2. The maximum Gasteiger partial charge on any atom is 0.174 e. The highest BCUT2D eigenvalue weighted by Crippen LogP contribution is 2.46. The molecule has 2 N–H and O–H groups in total. The number of hydrogen-bond donors (Lipinski definition) is 2. The van der Waals surface area contributed by atoms with Crippen molar-refractivity contribution in [3.05, 3.63) is 106 Å². The van der Waals surface area contributed by atoms with Gasteiger partial charge in [-0.05, 0) is 92.3 Å². The van der Waals surface area contributed by atoms with Crippen LogP contribution in [0.15, 0.2) is 72.9 Å². The highest BCUT2D eigenvalue weighted by molar-refractivity contribution is 7.80. The lowest BCUT2D eigenvalue weighted by atomic mass is 9.96. The Hall–Kier alpha value is -3.06. The van der Waals surface area contributed by atoms with Gasteiger partial charge in [-0.15, -0.1) is 0 Å². The fraction of sp³-hybridized carbons (Fsp3) is 0.154. The number of nitrogens with one attached hydrogen (secondary N) is 1. The van der Waals surface area contributed by atoms with Crippen molar-refractivity contribution in [1.82, 2.24) is 14.9 Å². The number of aromatic hydroxyl groups is 1. The molecule has 1 saturated heterocycles. The van der Waals surface area contributed by atoms with E-state index in [1.165, 1.54) is 0 Å². The van der Waals surface area contributed by atoms with Gasteiger partial charge in [0.15, 0.2) is 5.11 Å². The molecule has 1 fully saturated rings. The molecule has 2 aromatic carbocycles. The maximum atomic E-state index is 10.7. The van der Waals surface area contributed by atoms with E-state index in [4.69, 9.17) is 35.4 Å². The number of benzene rings is 2. The van der Waals surface area contributed by atoms with E-state index < -0.39 is 0 Å². The summed E-state index contributed by atoms with van der Waals surface area (Å²) in [6, 6.07) is 20.2. The summed E-state index contributed by atoms with van der Waals surface area (Å²) in [5.41, 5.74) is 5.62. The first-order valence-electron chi connectivity index (χ1n) is 10.8. The predicted octanol–water partition coefficient (Wildman–Crippen LogP) is 6.68. The average Bonchev–Trinajstić information content (AvgIpc) is 3.32. The third-order valence-electron chi connectivity index (χ3n) is 6.17. The number of phenolic OH excluding ortho intramolecular Hbond substituents is 1. The fourth-order valence-corrected chi connectivity index (χ4v) is 5.33. The van der Waals surface area contributed by atoms with Crippen LogP contribution >= 0.6 is 35.4 Å². The second-order valence-electron chi connectivity index (χ2n) is 8.27. The number of hydrogen-bond acceptors (Lipinski definition) is 3. The molecule has 0 unspecified atom stereocenters. The molecule has 8 heteroatoms. The van der Waals surface area contributed by atoms with Crippen molar-refractivity contribution in [3.8, 4) is 11.4 Å². The third-order valence-corrected chi connectivity index (χ3v) is 6.97. The number of thiocarbonyl (C=S) groups is 1. The van der Waals surface area contributed by atoms with Gasteiger partial charge in [-0.2, -0.15) is 0 Å². The van der Waals surface area contributed by atoms with Gasteiger partial charge < -0.3 is 19.9 Å². The van der Waals surface area contributed by atoms with Gasteiger partial charge in [-0.25, -0.2) is 0 Å². The van der Waals surface area contributed by atoms with Crippen molar-refractivity contribution < 1.29 is 5.11 Å². The van der Waals surface area contributed by atoms with Crippen molar-refractivity contribution in [1.29, 1.82) is 0 Å². The Bertz CT molecular complexity index is 1370. The number of phenols is 1. The molecule has 0 saturated carbocycles. The minimum absolute atomic E-state index is 0.103. The third kappa shape index (κ3) is 3.92. The molecule has 2 atom stereocenters. The number of aryl methyl sites for hydroxylation is 1. The largest absolute Gasteiger partial charge is 0.506 e. The minimum atomic E-state index is -0.265. The van der Waals surface area contributed by atoms with Crippen molar-refractivity contribution in [2.24, 2.45) is 0 Å². The van der Waals surface area contributed by atoms with Crippen molar-refractivity contribution in [3.63, 3.8) is 0 Å². The van der Waals surface area contributed by atoms with E-state index in [0.29, 0.717) is 20.8 Å². The van der Waals surface area contributed by atoms with Gasteiger partial charge >= 0.3 is 0 Å². The number of nitrogens with zero attached hydrogens (tertiary/aromatic N) is 3. The van der Waals surface area contributed by atoms with Gasteiger partial charge in [0.1, 0.15) is 5.75 Å². The van der Waals surface area contributed by atoms with Crippen LogP contribution in [0.1, 0.15) is 34.7 Å². The lowest BCUT2D eigenvalue weighted by Gasteiger charge is -2.28. The molecule has 1 aliphatic rings. The van der Waals surface area contributed by atoms with Gasteiger partial charge in [0.25, 0.3) is 0 Å². The summed E-state index contributed by atoms with van der Waals surface area (Å²) in [4.78, 5) is 6.54. The Morgan fingerprint density at radius 2 is 1.71 bits per heavy atom. The monoisotopic (exact) mass is 508 g/mol. The van der Waals surface area contributed by atoms with Crippen molar-refractivity contribution in [2.75, 3.05) is 4.90 Å². The van der Waals surface area contributed by atoms with E-state index in [2.05, 4.69) is 34.8 Å². The SMILES string of the molecule is Cc1cc([C@@H]2[C@@H](c3ccccn3)NC(=S)N2c2cc(Cl)ccc2O)c(C)n1-c1ccc(Cl)cc1. The molecule has 5 nitrogen and oxygen atoms in total. The highest BCUT2D eigenvalue weighted by Gasteiger charge is 2.43. The summed E-state index contributed by atoms with van der Waals surface area (Å²) in [6.45, 7) is 4.16. The van der Waals surface area contributed by atoms with E-state index in [9.17, 15) is 5.11 Å². The quantitative estimate of drug-likeness (QED) is 0.301. The fourth-order valence-electron chi connectivity index (χ4n) is 4.69. The molecule has 2 aromatic heterocycles. The molecule has 0 bridgehead atoms. The van der Waals surface area contributed by atoms with E-state index in [0.717, 1.165) is 28.3 Å². The Morgan fingerprint density at radius 3 is 2.41 bits per heavy atom. The number of pyridine rings is 1. The molecule has 5 rings (SSSR count). The zero-order valence-electron chi connectivity index (χ0n) is 18.5. The van der Waals surface area contributed by atoms with Crippen LogP contribution in [0, 0.1) is 13.8 Å². The smallest absolute Gasteiger partial charge is 0.174 e. The van der Waals surface area contributed by atoms with Crippen LogP contribution in [0.5, 0.6) is 5.75 Å². The molecule has 0 aliphatic carbocycles.